The Hall–Kier alpha value is -0.640. The lowest BCUT2D eigenvalue weighted by atomic mass is 9.94. The number of hydrogen-bond acceptors (Lipinski definition) is 3. The van der Waals surface area contributed by atoms with Crippen LogP contribution in [0.3, 0.4) is 0 Å². The lowest BCUT2D eigenvalue weighted by molar-refractivity contribution is -0.534. The largest absolute Gasteiger partial charge is 0.852 e. The molecule has 10 heavy (non-hydrogen) atoms. The van der Waals surface area contributed by atoms with Gasteiger partial charge in [0.2, 0.25) is 6.04 Å². The summed E-state index contributed by atoms with van der Waals surface area (Å²) in [7, 11) is 0. The molecular weight excluding hydrogens is 134 g/mol. The van der Waals surface area contributed by atoms with Gasteiger partial charge in [0.1, 0.15) is 0 Å². The van der Waals surface area contributed by atoms with Gasteiger partial charge in [-0.05, 0) is 0 Å². The van der Waals surface area contributed by atoms with E-state index in [9.17, 15) is 15.2 Å². The van der Waals surface area contributed by atoms with Gasteiger partial charge in [0, 0.05) is 17.8 Å². The Labute approximate surface area is 59.0 Å². The van der Waals surface area contributed by atoms with Crippen LogP contribution in [0, 0.1) is 10.1 Å². The van der Waals surface area contributed by atoms with Gasteiger partial charge in [-0.25, -0.2) is 0 Å². The minimum Gasteiger partial charge on any atom is -0.852 e. The standard InChI is InChI=1S/C6H10NO3/c8-6-3-1-5(2-4-6)7(9)10/h5-6H,1-4H2/q-1. The topological polar surface area (TPSA) is 66.2 Å². The lowest BCUT2D eigenvalue weighted by Crippen LogP contribution is -2.35. The fourth-order valence-corrected chi connectivity index (χ4v) is 1.26. The summed E-state index contributed by atoms with van der Waals surface area (Å²) >= 11 is 0. The third kappa shape index (κ3) is 1.67. The summed E-state index contributed by atoms with van der Waals surface area (Å²) < 4.78 is 0. The van der Waals surface area contributed by atoms with Crippen LogP contribution in [0.25, 0.3) is 0 Å². The van der Waals surface area contributed by atoms with E-state index in [2.05, 4.69) is 0 Å². The van der Waals surface area contributed by atoms with Crippen LogP contribution < -0.4 is 5.11 Å². The van der Waals surface area contributed by atoms with Crippen molar-refractivity contribution < 1.29 is 10.0 Å². The summed E-state index contributed by atoms with van der Waals surface area (Å²) in [5.74, 6) is 0. The highest BCUT2D eigenvalue weighted by Gasteiger charge is 2.23. The average Bonchev–Trinajstić information content (AvgIpc) is 1.88. The van der Waals surface area contributed by atoms with Gasteiger partial charge in [-0.3, -0.25) is 10.1 Å². The summed E-state index contributed by atoms with van der Waals surface area (Å²) in [6, 6.07) is -0.440. The fraction of sp³-hybridized carbons (Fsp3) is 1.00. The third-order valence-electron chi connectivity index (χ3n) is 1.94. The maximum Gasteiger partial charge on any atom is 0.213 e. The summed E-state index contributed by atoms with van der Waals surface area (Å²) in [6.07, 6.45) is 1.36. The highest BCUT2D eigenvalue weighted by Crippen LogP contribution is 2.18. The zero-order valence-electron chi connectivity index (χ0n) is 5.66. The van der Waals surface area contributed by atoms with Crippen molar-refractivity contribution in [3.63, 3.8) is 0 Å². The zero-order valence-corrected chi connectivity index (χ0v) is 5.66. The molecule has 0 radical (unpaired) electrons. The van der Waals surface area contributed by atoms with E-state index < -0.39 is 12.1 Å². The van der Waals surface area contributed by atoms with Crippen molar-refractivity contribution in [2.24, 2.45) is 0 Å². The van der Waals surface area contributed by atoms with Crippen LogP contribution >= 0.6 is 0 Å². The van der Waals surface area contributed by atoms with E-state index in [0.717, 1.165) is 0 Å². The number of nitro groups is 1. The SMILES string of the molecule is O=[N+]([O-])C1CCC([O-])CC1. The first-order valence-electron chi connectivity index (χ1n) is 3.49. The summed E-state index contributed by atoms with van der Waals surface area (Å²) in [5.41, 5.74) is 0. The maximum atomic E-state index is 10.7. The van der Waals surface area contributed by atoms with Crippen LogP contribution in [0.1, 0.15) is 25.7 Å². The Kier molecular flexibility index (Phi) is 2.21. The molecule has 1 fully saturated rings. The minimum absolute atomic E-state index is 0.272. The molecule has 0 aromatic heterocycles. The van der Waals surface area contributed by atoms with Crippen molar-refractivity contribution in [3.8, 4) is 0 Å². The normalized spacial score (nSPS) is 33.7. The first-order valence-corrected chi connectivity index (χ1v) is 3.49. The quantitative estimate of drug-likeness (QED) is 0.382. The van der Waals surface area contributed by atoms with E-state index in [-0.39, 0.29) is 4.92 Å². The van der Waals surface area contributed by atoms with Gasteiger partial charge in [-0.15, -0.1) is 6.10 Å². The first-order chi connectivity index (χ1) is 4.70. The van der Waals surface area contributed by atoms with Crippen molar-refractivity contribution in [2.45, 2.75) is 37.8 Å². The molecule has 4 nitrogen and oxygen atoms in total. The first kappa shape index (κ1) is 7.47. The van der Waals surface area contributed by atoms with E-state index in [1.54, 1.807) is 0 Å². The highest BCUT2D eigenvalue weighted by molar-refractivity contribution is 4.69. The Bertz CT molecular complexity index is 129. The Morgan fingerprint density at radius 1 is 1.20 bits per heavy atom. The molecule has 1 saturated carbocycles. The van der Waals surface area contributed by atoms with Crippen LogP contribution in [0.4, 0.5) is 0 Å². The third-order valence-corrected chi connectivity index (χ3v) is 1.94. The Balaban J connectivity index is 2.33. The van der Waals surface area contributed by atoms with Crippen molar-refractivity contribution >= 4 is 0 Å². The fourth-order valence-electron chi connectivity index (χ4n) is 1.26. The Morgan fingerprint density at radius 3 is 2.10 bits per heavy atom. The van der Waals surface area contributed by atoms with Crippen LogP contribution in [0.5, 0.6) is 0 Å². The van der Waals surface area contributed by atoms with E-state index >= 15 is 0 Å². The van der Waals surface area contributed by atoms with Crippen molar-refractivity contribution in [1.29, 1.82) is 0 Å². The van der Waals surface area contributed by atoms with E-state index in [1.807, 2.05) is 0 Å². The molecule has 1 aliphatic rings. The van der Waals surface area contributed by atoms with Crippen LogP contribution in [0.2, 0.25) is 0 Å². The van der Waals surface area contributed by atoms with Crippen molar-refractivity contribution in [3.05, 3.63) is 10.1 Å². The molecule has 0 heterocycles. The molecule has 0 amide bonds. The predicted molar refractivity (Wildman–Crippen MR) is 33.0 cm³/mol. The second-order valence-corrected chi connectivity index (χ2v) is 2.72. The minimum atomic E-state index is -0.545. The predicted octanol–water partition coefficient (Wildman–Crippen LogP) is -0.0654. The molecular formula is C6H10NO3-. The van der Waals surface area contributed by atoms with Gasteiger partial charge in [0.05, 0.1) is 0 Å². The molecule has 58 valence electrons. The van der Waals surface area contributed by atoms with E-state index in [1.165, 1.54) is 0 Å². The Morgan fingerprint density at radius 2 is 1.70 bits per heavy atom. The molecule has 0 aromatic rings. The highest BCUT2D eigenvalue weighted by atomic mass is 16.6. The van der Waals surface area contributed by atoms with Gasteiger partial charge in [0.25, 0.3) is 0 Å². The molecule has 0 atom stereocenters. The average molecular weight is 144 g/mol. The molecule has 0 bridgehead atoms. The maximum absolute atomic E-state index is 10.7. The summed E-state index contributed by atoms with van der Waals surface area (Å²) in [4.78, 5) is 9.89. The molecule has 0 unspecified atom stereocenters. The molecule has 1 aliphatic carbocycles. The number of rotatable bonds is 1. The van der Waals surface area contributed by atoms with Gasteiger partial charge in [-0.1, -0.05) is 12.8 Å². The lowest BCUT2D eigenvalue weighted by Gasteiger charge is -2.27. The number of hydrogen-bond donors (Lipinski definition) is 0. The second kappa shape index (κ2) is 2.96. The summed E-state index contributed by atoms with van der Waals surface area (Å²) in [5, 5.41) is 20.9. The van der Waals surface area contributed by atoms with Gasteiger partial charge in [-0.2, -0.15) is 0 Å². The van der Waals surface area contributed by atoms with E-state index in [0.29, 0.717) is 25.7 Å². The molecule has 1 rings (SSSR count). The summed E-state index contributed by atoms with van der Waals surface area (Å²) in [6.45, 7) is 0. The molecule has 0 saturated heterocycles. The van der Waals surface area contributed by atoms with Crippen LogP contribution in [-0.2, 0) is 0 Å². The molecule has 4 heteroatoms. The number of nitrogens with zero attached hydrogens (tertiary/aromatic N) is 1. The van der Waals surface area contributed by atoms with Gasteiger partial charge >= 0.3 is 0 Å². The van der Waals surface area contributed by atoms with Crippen LogP contribution in [-0.4, -0.2) is 17.1 Å². The molecule has 0 spiro atoms. The second-order valence-electron chi connectivity index (χ2n) is 2.72. The molecule has 0 aromatic carbocycles. The zero-order chi connectivity index (χ0) is 7.56. The monoisotopic (exact) mass is 144 g/mol. The van der Waals surface area contributed by atoms with Crippen LogP contribution in [0.15, 0.2) is 0 Å². The van der Waals surface area contributed by atoms with Crippen molar-refractivity contribution in [2.75, 3.05) is 0 Å². The van der Waals surface area contributed by atoms with Crippen molar-refractivity contribution in [1.82, 2.24) is 0 Å². The molecule has 0 aliphatic heterocycles. The van der Waals surface area contributed by atoms with E-state index in [4.69, 9.17) is 0 Å². The van der Waals surface area contributed by atoms with Gasteiger partial charge in [0.15, 0.2) is 0 Å². The van der Waals surface area contributed by atoms with Gasteiger partial charge < -0.3 is 5.11 Å². The smallest absolute Gasteiger partial charge is 0.213 e. The molecule has 0 N–H and O–H groups in total.